The quantitative estimate of drug-likeness (QED) is 0.287. The maximum Gasteiger partial charge on any atom is 0.379 e. The van der Waals surface area contributed by atoms with E-state index in [-0.39, 0.29) is 18.3 Å². The fourth-order valence-corrected chi connectivity index (χ4v) is 2.49. The standard InChI is InChI=1S/C22H20N2O5/c1-15-5-10-19(16(2)12-15)28-14-21(25)24-23-13-17-6-8-18(9-7-17)29-22(26)20-4-3-11-27-20/h3-13H,14H2,1-2H3,(H,24,25)/b23-13-. The molecule has 0 aliphatic heterocycles. The van der Waals surface area contributed by atoms with Gasteiger partial charge in [-0.05, 0) is 67.4 Å². The van der Waals surface area contributed by atoms with Crippen molar-refractivity contribution in [3.8, 4) is 11.5 Å². The van der Waals surface area contributed by atoms with Gasteiger partial charge in [0.1, 0.15) is 11.5 Å². The number of hydrogen-bond acceptors (Lipinski definition) is 6. The zero-order valence-electron chi connectivity index (χ0n) is 16.0. The number of hydrogen-bond donors (Lipinski definition) is 1. The van der Waals surface area contributed by atoms with Crippen LogP contribution in [-0.2, 0) is 4.79 Å². The number of benzene rings is 2. The van der Waals surface area contributed by atoms with E-state index in [4.69, 9.17) is 13.9 Å². The van der Waals surface area contributed by atoms with Crippen LogP contribution in [0, 0.1) is 13.8 Å². The Labute approximate surface area is 167 Å². The predicted molar refractivity (Wildman–Crippen MR) is 107 cm³/mol. The molecule has 0 bridgehead atoms. The van der Waals surface area contributed by atoms with Crippen LogP contribution in [0.2, 0.25) is 0 Å². The van der Waals surface area contributed by atoms with Crippen molar-refractivity contribution >= 4 is 18.1 Å². The lowest BCUT2D eigenvalue weighted by molar-refractivity contribution is -0.123. The van der Waals surface area contributed by atoms with E-state index in [1.807, 2.05) is 32.0 Å². The number of ether oxygens (including phenoxy) is 2. The van der Waals surface area contributed by atoms with Gasteiger partial charge in [-0.3, -0.25) is 4.79 Å². The zero-order valence-corrected chi connectivity index (χ0v) is 16.0. The van der Waals surface area contributed by atoms with Crippen LogP contribution >= 0.6 is 0 Å². The molecule has 7 heteroatoms. The van der Waals surface area contributed by atoms with Crippen molar-refractivity contribution in [1.29, 1.82) is 0 Å². The van der Waals surface area contributed by atoms with Gasteiger partial charge in [-0.25, -0.2) is 10.2 Å². The number of hydrazone groups is 1. The van der Waals surface area contributed by atoms with Gasteiger partial charge in [-0.2, -0.15) is 5.10 Å². The van der Waals surface area contributed by atoms with Crippen molar-refractivity contribution < 1.29 is 23.5 Å². The number of furan rings is 1. The minimum atomic E-state index is -0.576. The highest BCUT2D eigenvalue weighted by atomic mass is 16.5. The predicted octanol–water partition coefficient (Wildman–Crippen LogP) is 3.64. The Morgan fingerprint density at radius 3 is 2.59 bits per heavy atom. The summed E-state index contributed by atoms with van der Waals surface area (Å²) in [7, 11) is 0. The molecule has 0 saturated heterocycles. The SMILES string of the molecule is Cc1ccc(OCC(=O)N/N=C\c2ccc(OC(=O)c3ccco3)cc2)c(C)c1. The van der Waals surface area contributed by atoms with Gasteiger partial charge in [0.25, 0.3) is 5.91 Å². The molecule has 0 saturated carbocycles. The maximum absolute atomic E-state index is 11.9. The molecule has 3 aromatic rings. The molecule has 0 aliphatic carbocycles. The summed E-state index contributed by atoms with van der Waals surface area (Å²) < 4.78 is 15.7. The van der Waals surface area contributed by atoms with Gasteiger partial charge < -0.3 is 13.9 Å². The molecule has 1 aromatic heterocycles. The van der Waals surface area contributed by atoms with Gasteiger partial charge in [0, 0.05) is 0 Å². The fraction of sp³-hybridized carbons (Fsp3) is 0.136. The van der Waals surface area contributed by atoms with Crippen molar-refractivity contribution in [3.63, 3.8) is 0 Å². The molecular formula is C22H20N2O5. The fourth-order valence-electron chi connectivity index (χ4n) is 2.49. The summed E-state index contributed by atoms with van der Waals surface area (Å²) in [6.45, 7) is 3.78. The topological polar surface area (TPSA) is 90.1 Å². The van der Waals surface area contributed by atoms with Gasteiger partial charge in [0.15, 0.2) is 6.61 Å². The van der Waals surface area contributed by atoms with E-state index in [2.05, 4.69) is 10.5 Å². The Balaban J connectivity index is 1.46. The van der Waals surface area contributed by atoms with Crippen molar-refractivity contribution in [2.45, 2.75) is 13.8 Å². The molecule has 0 atom stereocenters. The lowest BCUT2D eigenvalue weighted by atomic mass is 10.1. The first-order valence-electron chi connectivity index (χ1n) is 8.89. The summed E-state index contributed by atoms with van der Waals surface area (Å²) in [6.07, 6.45) is 2.88. The lowest BCUT2D eigenvalue weighted by Gasteiger charge is -2.08. The van der Waals surface area contributed by atoms with Crippen molar-refractivity contribution in [2.75, 3.05) is 6.61 Å². The van der Waals surface area contributed by atoms with Crippen LogP contribution in [0.3, 0.4) is 0 Å². The molecule has 1 amide bonds. The Hall–Kier alpha value is -3.87. The lowest BCUT2D eigenvalue weighted by Crippen LogP contribution is -2.24. The number of nitrogens with one attached hydrogen (secondary N) is 1. The summed E-state index contributed by atoms with van der Waals surface area (Å²) in [5, 5.41) is 3.89. The normalized spacial score (nSPS) is 10.7. The molecule has 0 unspecified atom stereocenters. The molecule has 1 N–H and O–H groups in total. The Morgan fingerprint density at radius 2 is 1.90 bits per heavy atom. The highest BCUT2D eigenvalue weighted by Gasteiger charge is 2.11. The number of rotatable bonds is 7. The molecule has 0 radical (unpaired) electrons. The van der Waals surface area contributed by atoms with Crippen molar-refractivity contribution in [1.82, 2.24) is 5.43 Å². The van der Waals surface area contributed by atoms with E-state index in [0.29, 0.717) is 11.5 Å². The number of carbonyl (C=O) groups excluding carboxylic acids is 2. The summed E-state index contributed by atoms with van der Waals surface area (Å²) in [5.74, 6) is 0.211. The van der Waals surface area contributed by atoms with E-state index in [1.165, 1.54) is 18.5 Å². The smallest absolute Gasteiger partial charge is 0.379 e. The number of nitrogens with zero attached hydrogens (tertiary/aromatic N) is 1. The Kier molecular flexibility index (Phi) is 6.42. The van der Waals surface area contributed by atoms with E-state index >= 15 is 0 Å². The first-order chi connectivity index (χ1) is 14.0. The van der Waals surface area contributed by atoms with Gasteiger partial charge in [0.2, 0.25) is 5.76 Å². The second kappa shape index (κ2) is 9.36. The van der Waals surface area contributed by atoms with Crippen LogP contribution in [0.5, 0.6) is 11.5 Å². The van der Waals surface area contributed by atoms with E-state index in [1.54, 1.807) is 30.3 Å². The summed E-state index contributed by atoms with van der Waals surface area (Å²) >= 11 is 0. The molecule has 2 aromatic carbocycles. The molecule has 148 valence electrons. The molecule has 0 aliphatic rings. The second-order valence-electron chi connectivity index (χ2n) is 6.29. The minimum absolute atomic E-state index is 0.126. The monoisotopic (exact) mass is 392 g/mol. The number of carbonyl (C=O) groups is 2. The maximum atomic E-state index is 11.9. The van der Waals surface area contributed by atoms with Crippen LogP contribution in [0.15, 0.2) is 70.4 Å². The first-order valence-corrected chi connectivity index (χ1v) is 8.89. The molecule has 29 heavy (non-hydrogen) atoms. The van der Waals surface area contributed by atoms with Crippen LogP contribution in [-0.4, -0.2) is 24.7 Å². The third kappa shape index (κ3) is 5.80. The number of aryl methyl sites for hydroxylation is 2. The first kappa shape index (κ1) is 19.9. The molecular weight excluding hydrogens is 372 g/mol. The zero-order chi connectivity index (χ0) is 20.6. The number of esters is 1. The third-order valence-electron chi connectivity index (χ3n) is 3.91. The van der Waals surface area contributed by atoms with Crippen LogP contribution in [0.25, 0.3) is 0 Å². The molecule has 3 rings (SSSR count). The van der Waals surface area contributed by atoms with E-state index in [9.17, 15) is 9.59 Å². The largest absolute Gasteiger partial charge is 0.483 e. The number of amides is 1. The molecule has 0 spiro atoms. The Morgan fingerprint density at radius 1 is 1.10 bits per heavy atom. The molecule has 1 heterocycles. The average molecular weight is 392 g/mol. The van der Waals surface area contributed by atoms with Crippen molar-refractivity contribution in [3.05, 3.63) is 83.3 Å². The summed E-state index contributed by atoms with van der Waals surface area (Å²) in [6, 6.07) is 15.5. The van der Waals surface area contributed by atoms with Crippen LogP contribution in [0.4, 0.5) is 0 Å². The van der Waals surface area contributed by atoms with E-state index < -0.39 is 5.97 Å². The molecule has 7 nitrogen and oxygen atoms in total. The summed E-state index contributed by atoms with van der Waals surface area (Å²) in [5.41, 5.74) is 5.22. The summed E-state index contributed by atoms with van der Waals surface area (Å²) in [4.78, 5) is 23.7. The highest BCUT2D eigenvalue weighted by Crippen LogP contribution is 2.18. The van der Waals surface area contributed by atoms with Crippen molar-refractivity contribution in [2.24, 2.45) is 5.10 Å². The second-order valence-corrected chi connectivity index (χ2v) is 6.29. The van der Waals surface area contributed by atoms with Gasteiger partial charge in [-0.1, -0.05) is 17.7 Å². The average Bonchev–Trinajstić information content (AvgIpc) is 3.24. The highest BCUT2D eigenvalue weighted by molar-refractivity contribution is 5.88. The van der Waals surface area contributed by atoms with E-state index in [0.717, 1.165) is 16.7 Å². The minimum Gasteiger partial charge on any atom is -0.483 e. The van der Waals surface area contributed by atoms with Crippen LogP contribution in [0.1, 0.15) is 27.2 Å². The van der Waals surface area contributed by atoms with Gasteiger partial charge in [0.05, 0.1) is 12.5 Å². The van der Waals surface area contributed by atoms with Gasteiger partial charge in [-0.15, -0.1) is 0 Å². The third-order valence-corrected chi connectivity index (χ3v) is 3.91. The van der Waals surface area contributed by atoms with Gasteiger partial charge >= 0.3 is 5.97 Å². The van der Waals surface area contributed by atoms with Crippen LogP contribution < -0.4 is 14.9 Å². The Bertz CT molecular complexity index is 1010. The molecule has 0 fully saturated rings.